The van der Waals surface area contributed by atoms with E-state index in [4.69, 9.17) is 5.11 Å². The van der Waals surface area contributed by atoms with E-state index in [1.807, 2.05) is 19.1 Å². The topological polar surface area (TPSA) is 86.6 Å². The molecule has 1 fully saturated rings. The summed E-state index contributed by atoms with van der Waals surface area (Å²) >= 11 is 0. The molecule has 0 atom stereocenters. The Labute approximate surface area is 202 Å². The van der Waals surface area contributed by atoms with Gasteiger partial charge in [-0.25, -0.2) is 0 Å². The van der Waals surface area contributed by atoms with Crippen molar-refractivity contribution in [2.45, 2.75) is 77.2 Å². The van der Waals surface area contributed by atoms with Gasteiger partial charge in [-0.2, -0.15) is 0 Å². The van der Waals surface area contributed by atoms with Crippen LogP contribution in [-0.4, -0.2) is 34.2 Å². The summed E-state index contributed by atoms with van der Waals surface area (Å²) in [7, 11) is 0. The van der Waals surface area contributed by atoms with Crippen LogP contribution in [0.15, 0.2) is 42.5 Å². The Morgan fingerprint density at radius 2 is 1.59 bits per heavy atom. The van der Waals surface area contributed by atoms with Gasteiger partial charge in [0.2, 0.25) is 0 Å². The van der Waals surface area contributed by atoms with E-state index in [1.165, 1.54) is 11.1 Å². The van der Waals surface area contributed by atoms with Crippen molar-refractivity contribution in [3.63, 3.8) is 0 Å². The van der Waals surface area contributed by atoms with E-state index in [0.717, 1.165) is 55.2 Å². The summed E-state index contributed by atoms with van der Waals surface area (Å²) in [5.74, 6) is -1.44. The summed E-state index contributed by atoms with van der Waals surface area (Å²) in [5, 5.41) is 21.9. The van der Waals surface area contributed by atoms with Crippen molar-refractivity contribution in [1.82, 2.24) is 5.32 Å². The zero-order valence-corrected chi connectivity index (χ0v) is 20.8. The average Bonchev–Trinajstić information content (AvgIpc) is 3.25. The Bertz CT molecular complexity index is 1080. The van der Waals surface area contributed by atoms with E-state index in [2.05, 4.69) is 56.4 Å². The largest absolute Gasteiger partial charge is 0.480 e. The fourth-order valence-corrected chi connectivity index (χ4v) is 5.26. The monoisotopic (exact) mass is 463 g/mol. The molecule has 34 heavy (non-hydrogen) atoms. The van der Waals surface area contributed by atoms with Crippen molar-refractivity contribution >= 4 is 18.0 Å². The quantitative estimate of drug-likeness (QED) is 0.456. The zero-order valence-electron chi connectivity index (χ0n) is 20.8. The lowest BCUT2D eigenvalue weighted by molar-refractivity contribution is -0.135. The van der Waals surface area contributed by atoms with Gasteiger partial charge in [0.25, 0.3) is 5.91 Å². The van der Waals surface area contributed by atoms with Crippen LogP contribution in [0.4, 0.5) is 0 Å². The molecule has 3 N–H and O–H groups in total. The number of carboxylic acid groups (broad SMARTS) is 1. The molecule has 0 saturated heterocycles. The third kappa shape index (κ3) is 5.41. The maximum absolute atomic E-state index is 12.4. The molecule has 1 aliphatic rings. The van der Waals surface area contributed by atoms with E-state index < -0.39 is 18.1 Å². The highest BCUT2D eigenvalue weighted by Gasteiger charge is 2.32. The van der Waals surface area contributed by atoms with Crippen LogP contribution in [0.2, 0.25) is 0 Å². The fraction of sp³-hybridized carbons (Fsp3) is 0.448. The number of aryl methyl sites for hydroxylation is 2. The van der Waals surface area contributed by atoms with Crippen molar-refractivity contribution in [2.75, 3.05) is 6.54 Å². The molecule has 1 aliphatic carbocycles. The molecule has 0 aromatic heterocycles. The van der Waals surface area contributed by atoms with Gasteiger partial charge in [-0.3, -0.25) is 9.59 Å². The Kier molecular flexibility index (Phi) is 7.98. The number of hydrogen-bond donors (Lipinski definition) is 3. The molecule has 0 bridgehead atoms. The Hall–Kier alpha value is -2.92. The summed E-state index contributed by atoms with van der Waals surface area (Å²) in [6.07, 6.45) is 9.65. The van der Waals surface area contributed by atoms with Gasteiger partial charge < -0.3 is 15.5 Å². The van der Waals surface area contributed by atoms with Crippen LogP contribution in [0.25, 0.3) is 6.08 Å². The highest BCUT2D eigenvalue weighted by Crippen LogP contribution is 2.40. The van der Waals surface area contributed by atoms with Gasteiger partial charge in [-0.15, -0.1) is 0 Å². The molecule has 1 amide bonds. The summed E-state index contributed by atoms with van der Waals surface area (Å²) in [6, 6.07) is 12.4. The number of hydrogen-bond acceptors (Lipinski definition) is 3. The number of carbonyl (C=O) groups excluding carboxylic acids is 1. The minimum atomic E-state index is -1.07. The molecule has 3 rings (SSSR count). The number of nitrogens with one attached hydrogen (secondary N) is 1. The maximum atomic E-state index is 12.4. The summed E-state index contributed by atoms with van der Waals surface area (Å²) in [6.45, 7) is 7.97. The van der Waals surface area contributed by atoms with E-state index >= 15 is 0 Å². The van der Waals surface area contributed by atoms with Crippen molar-refractivity contribution in [2.24, 2.45) is 0 Å². The van der Waals surface area contributed by atoms with Gasteiger partial charge in [-0.1, -0.05) is 69.2 Å². The first kappa shape index (κ1) is 25.7. The molecule has 0 unspecified atom stereocenters. The van der Waals surface area contributed by atoms with E-state index in [0.29, 0.717) is 5.56 Å². The SMILES string of the molecule is CCC(CC)(c1ccc(C=CC2(O)CCCC2)c(C)c1)c1ccc(C(=O)NCC(=O)O)c(C)c1. The lowest BCUT2D eigenvalue weighted by Crippen LogP contribution is -2.30. The molecular weight excluding hydrogens is 426 g/mol. The summed E-state index contributed by atoms with van der Waals surface area (Å²) in [5.41, 5.74) is 5.12. The fourth-order valence-electron chi connectivity index (χ4n) is 5.26. The standard InChI is InChI=1S/C29H37NO4/c1-5-29(6-2,24-11-12-25(21(4)18-24)27(33)30-19-26(31)32)23-10-9-22(20(3)17-23)13-16-28(34)14-7-8-15-28/h9-13,16-18,34H,5-8,14-15,19H2,1-4H3,(H,30,33)(H,31,32). The van der Waals surface area contributed by atoms with Crippen LogP contribution in [-0.2, 0) is 10.2 Å². The molecule has 0 spiro atoms. The van der Waals surface area contributed by atoms with Crippen LogP contribution in [0, 0.1) is 13.8 Å². The molecule has 1 saturated carbocycles. The Morgan fingerprint density at radius 1 is 1.00 bits per heavy atom. The molecule has 182 valence electrons. The third-order valence-electron chi connectivity index (χ3n) is 7.50. The normalized spacial score (nSPS) is 15.6. The third-order valence-corrected chi connectivity index (χ3v) is 7.50. The second kappa shape index (κ2) is 10.6. The molecule has 0 aliphatic heterocycles. The van der Waals surface area contributed by atoms with E-state index in [9.17, 15) is 14.7 Å². The average molecular weight is 464 g/mol. The van der Waals surface area contributed by atoms with Crippen LogP contribution < -0.4 is 5.32 Å². The number of benzene rings is 2. The van der Waals surface area contributed by atoms with Crippen molar-refractivity contribution in [3.05, 3.63) is 75.9 Å². The smallest absolute Gasteiger partial charge is 0.322 e. The van der Waals surface area contributed by atoms with Crippen LogP contribution in [0.3, 0.4) is 0 Å². The Morgan fingerprint density at radius 3 is 2.12 bits per heavy atom. The predicted molar refractivity (Wildman–Crippen MR) is 136 cm³/mol. The number of carboxylic acids is 1. The van der Waals surface area contributed by atoms with Crippen LogP contribution in [0.5, 0.6) is 0 Å². The van der Waals surface area contributed by atoms with Gasteiger partial charge >= 0.3 is 5.97 Å². The van der Waals surface area contributed by atoms with E-state index in [1.54, 1.807) is 6.07 Å². The second-order valence-electron chi connectivity index (χ2n) is 9.61. The van der Waals surface area contributed by atoms with Crippen molar-refractivity contribution in [3.8, 4) is 0 Å². The number of aliphatic carboxylic acids is 1. The van der Waals surface area contributed by atoms with Gasteiger partial charge in [0.1, 0.15) is 6.54 Å². The van der Waals surface area contributed by atoms with Gasteiger partial charge in [0.05, 0.1) is 5.60 Å². The molecule has 5 heteroatoms. The number of carbonyl (C=O) groups is 2. The molecular formula is C29H37NO4. The van der Waals surface area contributed by atoms with Gasteiger partial charge in [0.15, 0.2) is 0 Å². The summed E-state index contributed by atoms with van der Waals surface area (Å²) < 4.78 is 0. The highest BCUT2D eigenvalue weighted by molar-refractivity contribution is 5.97. The molecule has 0 radical (unpaired) electrons. The van der Waals surface area contributed by atoms with Gasteiger partial charge in [-0.05, 0) is 73.4 Å². The molecule has 2 aromatic carbocycles. The summed E-state index contributed by atoms with van der Waals surface area (Å²) in [4.78, 5) is 23.2. The first-order chi connectivity index (χ1) is 16.1. The first-order valence-corrected chi connectivity index (χ1v) is 12.3. The molecule has 2 aromatic rings. The zero-order chi connectivity index (χ0) is 24.9. The lowest BCUT2D eigenvalue weighted by Gasteiger charge is -2.34. The number of amides is 1. The molecule has 0 heterocycles. The minimum absolute atomic E-state index is 0.197. The first-order valence-electron chi connectivity index (χ1n) is 12.3. The second-order valence-corrected chi connectivity index (χ2v) is 9.61. The Balaban J connectivity index is 1.92. The van der Waals surface area contributed by atoms with Crippen LogP contribution in [0.1, 0.15) is 90.5 Å². The maximum Gasteiger partial charge on any atom is 0.322 e. The highest BCUT2D eigenvalue weighted by atomic mass is 16.4. The van der Waals surface area contributed by atoms with Crippen LogP contribution >= 0.6 is 0 Å². The van der Waals surface area contributed by atoms with Gasteiger partial charge in [0, 0.05) is 11.0 Å². The lowest BCUT2D eigenvalue weighted by atomic mass is 9.69. The van der Waals surface area contributed by atoms with E-state index in [-0.39, 0.29) is 11.3 Å². The number of rotatable bonds is 9. The predicted octanol–water partition coefficient (Wildman–Crippen LogP) is 5.54. The molecule has 5 nitrogen and oxygen atoms in total. The minimum Gasteiger partial charge on any atom is -0.480 e. The van der Waals surface area contributed by atoms with Crippen molar-refractivity contribution < 1.29 is 19.8 Å². The van der Waals surface area contributed by atoms with Crippen molar-refractivity contribution in [1.29, 1.82) is 0 Å². The number of aliphatic hydroxyl groups is 1.